The molecule has 0 radical (unpaired) electrons. The molecule has 0 atom stereocenters. The van der Waals surface area contributed by atoms with Crippen LogP contribution < -0.4 is 4.74 Å². The van der Waals surface area contributed by atoms with Crippen LogP contribution in [0.4, 0.5) is 0 Å². The van der Waals surface area contributed by atoms with Crippen LogP contribution in [0.2, 0.25) is 5.02 Å². The summed E-state index contributed by atoms with van der Waals surface area (Å²) < 4.78 is 5.83. The molecule has 134 valence electrons. The van der Waals surface area contributed by atoms with Gasteiger partial charge in [-0.15, -0.1) is 0 Å². The number of likely N-dealkylation sites (N-methyl/N-ethyl adjacent to an activating group) is 1. The minimum absolute atomic E-state index is 0.0543. The first-order chi connectivity index (χ1) is 12.0. The average Bonchev–Trinajstić information content (AvgIpc) is 2.59. The first-order valence-corrected chi connectivity index (χ1v) is 8.75. The second-order valence-electron chi connectivity index (χ2n) is 6.09. The van der Waals surface area contributed by atoms with Gasteiger partial charge in [0.1, 0.15) is 12.4 Å². The van der Waals surface area contributed by atoms with Crippen LogP contribution in [0.3, 0.4) is 0 Å². The molecule has 2 rings (SSSR count). The average molecular weight is 362 g/mol. The molecule has 5 heteroatoms. The third kappa shape index (κ3) is 6.40. The Bertz CT molecular complexity index is 701. The van der Waals surface area contributed by atoms with Gasteiger partial charge in [0.05, 0.1) is 6.54 Å². The molecule has 0 bridgehead atoms. The summed E-state index contributed by atoms with van der Waals surface area (Å²) >= 11 is 6.23. The molecule has 1 N–H and O–H groups in total. The predicted octanol–water partition coefficient (Wildman–Crippen LogP) is 4.04. The van der Waals surface area contributed by atoms with Crippen molar-refractivity contribution in [3.05, 3.63) is 64.2 Å². The summed E-state index contributed by atoms with van der Waals surface area (Å²) in [5.41, 5.74) is 3.37. The Morgan fingerprint density at radius 3 is 2.48 bits per heavy atom. The number of ether oxygens (including phenoxy) is 1. The van der Waals surface area contributed by atoms with Crippen LogP contribution in [-0.2, 0) is 24.2 Å². The molecule has 25 heavy (non-hydrogen) atoms. The fourth-order valence-corrected chi connectivity index (χ4v) is 2.67. The van der Waals surface area contributed by atoms with E-state index >= 15 is 0 Å². The van der Waals surface area contributed by atoms with E-state index in [1.54, 1.807) is 11.9 Å². The SMILES string of the molecule is CCc1ccc(Cl)c(COc2ccc(CCN(C)CC(=O)O)cc2)c1. The van der Waals surface area contributed by atoms with Gasteiger partial charge in [0.25, 0.3) is 0 Å². The van der Waals surface area contributed by atoms with E-state index in [-0.39, 0.29) is 6.54 Å². The van der Waals surface area contributed by atoms with Gasteiger partial charge in [-0.3, -0.25) is 9.69 Å². The number of carboxylic acid groups (broad SMARTS) is 1. The molecule has 0 amide bonds. The Balaban J connectivity index is 1.87. The lowest BCUT2D eigenvalue weighted by Gasteiger charge is -2.14. The molecule has 2 aromatic carbocycles. The van der Waals surface area contributed by atoms with E-state index in [2.05, 4.69) is 13.0 Å². The zero-order chi connectivity index (χ0) is 18.2. The summed E-state index contributed by atoms with van der Waals surface area (Å²) in [7, 11) is 1.81. The van der Waals surface area contributed by atoms with Gasteiger partial charge in [-0.1, -0.05) is 42.8 Å². The van der Waals surface area contributed by atoms with E-state index in [4.69, 9.17) is 21.4 Å². The van der Waals surface area contributed by atoms with E-state index < -0.39 is 5.97 Å². The van der Waals surface area contributed by atoms with Crippen LogP contribution in [0, 0.1) is 0 Å². The van der Waals surface area contributed by atoms with Crippen LogP contribution >= 0.6 is 11.6 Å². The number of nitrogens with zero attached hydrogens (tertiary/aromatic N) is 1. The van der Waals surface area contributed by atoms with E-state index in [0.717, 1.165) is 34.7 Å². The van der Waals surface area contributed by atoms with E-state index in [9.17, 15) is 4.79 Å². The zero-order valence-electron chi connectivity index (χ0n) is 14.7. The smallest absolute Gasteiger partial charge is 0.317 e. The minimum Gasteiger partial charge on any atom is -0.489 e. The second kappa shape index (κ2) is 9.44. The molecule has 4 nitrogen and oxygen atoms in total. The number of benzene rings is 2. The molecule has 0 saturated heterocycles. The number of aryl methyl sites for hydroxylation is 1. The lowest BCUT2D eigenvalue weighted by atomic mass is 10.1. The van der Waals surface area contributed by atoms with Crippen molar-refractivity contribution in [1.82, 2.24) is 4.90 Å². The van der Waals surface area contributed by atoms with Gasteiger partial charge in [-0.25, -0.2) is 0 Å². The Morgan fingerprint density at radius 2 is 1.84 bits per heavy atom. The van der Waals surface area contributed by atoms with Crippen molar-refractivity contribution in [3.63, 3.8) is 0 Å². The molecule has 0 aromatic heterocycles. The van der Waals surface area contributed by atoms with E-state index in [1.807, 2.05) is 36.4 Å². The van der Waals surface area contributed by atoms with Gasteiger partial charge in [-0.2, -0.15) is 0 Å². The summed E-state index contributed by atoms with van der Waals surface area (Å²) in [5, 5.41) is 9.47. The van der Waals surface area contributed by atoms with Crippen LogP contribution in [0.15, 0.2) is 42.5 Å². The predicted molar refractivity (Wildman–Crippen MR) is 100 cm³/mol. The monoisotopic (exact) mass is 361 g/mol. The van der Waals surface area contributed by atoms with Crippen molar-refractivity contribution in [1.29, 1.82) is 0 Å². The Hall–Kier alpha value is -2.04. The zero-order valence-corrected chi connectivity index (χ0v) is 15.4. The van der Waals surface area contributed by atoms with Gasteiger partial charge < -0.3 is 9.84 Å². The number of rotatable bonds is 9. The highest BCUT2D eigenvalue weighted by Crippen LogP contribution is 2.21. The topological polar surface area (TPSA) is 49.8 Å². The second-order valence-corrected chi connectivity index (χ2v) is 6.50. The first kappa shape index (κ1) is 19.3. The highest BCUT2D eigenvalue weighted by atomic mass is 35.5. The quantitative estimate of drug-likeness (QED) is 0.732. The van der Waals surface area contributed by atoms with Gasteiger partial charge >= 0.3 is 5.97 Å². The lowest BCUT2D eigenvalue weighted by molar-refractivity contribution is -0.137. The molecule has 0 aliphatic carbocycles. The van der Waals surface area contributed by atoms with Gasteiger partial charge in [-0.05, 0) is 49.2 Å². The number of carbonyl (C=O) groups is 1. The van der Waals surface area contributed by atoms with Crippen molar-refractivity contribution in [2.75, 3.05) is 20.1 Å². The van der Waals surface area contributed by atoms with Crippen LogP contribution in [0.5, 0.6) is 5.75 Å². The minimum atomic E-state index is -0.808. The lowest BCUT2D eigenvalue weighted by Crippen LogP contribution is -2.27. The van der Waals surface area contributed by atoms with Crippen LogP contribution in [0.25, 0.3) is 0 Å². The first-order valence-electron chi connectivity index (χ1n) is 8.37. The molecule has 0 saturated carbocycles. The van der Waals surface area contributed by atoms with Gasteiger partial charge in [0.2, 0.25) is 0 Å². The van der Waals surface area contributed by atoms with Gasteiger partial charge in [0, 0.05) is 17.1 Å². The molecule has 2 aromatic rings. The normalized spacial score (nSPS) is 10.9. The maximum Gasteiger partial charge on any atom is 0.317 e. The molecular formula is C20H24ClNO3. The van der Waals surface area contributed by atoms with Crippen molar-refractivity contribution in [2.45, 2.75) is 26.4 Å². The largest absolute Gasteiger partial charge is 0.489 e. The number of hydrogen-bond donors (Lipinski definition) is 1. The third-order valence-corrected chi connectivity index (χ3v) is 4.39. The maximum atomic E-state index is 10.7. The highest BCUT2D eigenvalue weighted by molar-refractivity contribution is 6.31. The van der Waals surface area contributed by atoms with Gasteiger partial charge in [0.15, 0.2) is 0 Å². The summed E-state index contributed by atoms with van der Waals surface area (Å²) in [6, 6.07) is 13.9. The summed E-state index contributed by atoms with van der Waals surface area (Å²) in [4.78, 5) is 12.4. The Morgan fingerprint density at radius 1 is 1.16 bits per heavy atom. The van der Waals surface area contributed by atoms with Crippen molar-refractivity contribution in [2.24, 2.45) is 0 Å². The van der Waals surface area contributed by atoms with E-state index in [0.29, 0.717) is 13.2 Å². The van der Waals surface area contributed by atoms with E-state index in [1.165, 1.54) is 5.56 Å². The maximum absolute atomic E-state index is 10.7. The Kier molecular flexibility index (Phi) is 7.29. The summed E-state index contributed by atoms with van der Waals surface area (Å²) in [6.45, 7) is 3.30. The molecule has 0 fully saturated rings. The summed E-state index contributed by atoms with van der Waals surface area (Å²) in [5.74, 6) is -0.0161. The van der Waals surface area contributed by atoms with Crippen molar-refractivity contribution >= 4 is 17.6 Å². The van der Waals surface area contributed by atoms with Crippen LogP contribution in [-0.4, -0.2) is 36.1 Å². The number of carboxylic acids is 1. The standard InChI is InChI=1S/C20H24ClNO3/c1-3-15-6-9-19(21)17(12-15)14-25-18-7-4-16(5-8-18)10-11-22(2)13-20(23)24/h4-9,12H,3,10-11,13-14H2,1-2H3,(H,23,24). The highest BCUT2D eigenvalue weighted by Gasteiger charge is 2.05. The van der Waals surface area contributed by atoms with Crippen molar-refractivity contribution < 1.29 is 14.6 Å². The Labute approximate surface area is 154 Å². The molecular weight excluding hydrogens is 338 g/mol. The van der Waals surface area contributed by atoms with Crippen molar-refractivity contribution in [3.8, 4) is 5.75 Å². The summed E-state index contributed by atoms with van der Waals surface area (Å²) in [6.07, 6.45) is 1.77. The van der Waals surface area contributed by atoms with Crippen LogP contribution in [0.1, 0.15) is 23.6 Å². The third-order valence-electron chi connectivity index (χ3n) is 4.02. The fourth-order valence-electron chi connectivity index (χ4n) is 2.50. The molecule has 0 heterocycles. The molecule has 0 spiro atoms. The number of aliphatic carboxylic acids is 1. The fraction of sp³-hybridized carbons (Fsp3) is 0.350. The number of halogens is 1. The molecule has 0 aliphatic rings. The molecule has 0 aliphatic heterocycles. The number of hydrogen-bond acceptors (Lipinski definition) is 3. The molecule has 0 unspecified atom stereocenters.